The summed E-state index contributed by atoms with van der Waals surface area (Å²) in [5.41, 5.74) is -0.109. The highest BCUT2D eigenvalue weighted by Gasteiger charge is 2.54. The highest BCUT2D eigenvalue weighted by molar-refractivity contribution is 8.06. The molecule has 0 saturated carbocycles. The van der Waals surface area contributed by atoms with Gasteiger partial charge in [-0.05, 0) is 34.3 Å². The van der Waals surface area contributed by atoms with E-state index < -0.39 is 29.2 Å². The molecular formula is C17H16N6O5S2. The highest BCUT2D eigenvalue weighted by atomic mass is 32.2. The molecule has 0 unspecified atom stereocenters. The third-order valence-corrected chi connectivity index (χ3v) is 6.94. The van der Waals surface area contributed by atoms with Crippen LogP contribution in [0.4, 0.5) is 0 Å². The summed E-state index contributed by atoms with van der Waals surface area (Å²) in [6, 6.07) is 8.03. The fourth-order valence-corrected chi connectivity index (χ4v) is 5.35. The van der Waals surface area contributed by atoms with Gasteiger partial charge < -0.3 is 15.2 Å². The number of carboxylic acid groups (broad SMARTS) is 1. The molecule has 2 N–H and O–H groups in total. The molecular weight excluding hydrogens is 432 g/mol. The number of carboxylic acids is 1. The largest absolute Gasteiger partial charge is 0.484 e. The van der Waals surface area contributed by atoms with E-state index in [0.29, 0.717) is 21.6 Å². The normalized spacial score (nSPS) is 20.4. The molecule has 1 aromatic carbocycles. The van der Waals surface area contributed by atoms with Crippen molar-refractivity contribution in [1.82, 2.24) is 30.4 Å². The number of β-lactam (4-membered cyclic amide) rings is 1. The third kappa shape index (κ3) is 3.85. The quantitative estimate of drug-likeness (QED) is 0.560. The Morgan fingerprint density at radius 2 is 2.13 bits per heavy atom. The predicted octanol–water partition coefficient (Wildman–Crippen LogP) is 0.0773. The fourth-order valence-electron chi connectivity index (χ4n) is 2.97. The molecule has 1 saturated heterocycles. The Morgan fingerprint density at radius 1 is 1.37 bits per heavy atom. The minimum atomic E-state index is -1.22. The van der Waals surface area contributed by atoms with Gasteiger partial charge in [-0.15, -0.1) is 16.9 Å². The lowest BCUT2D eigenvalue weighted by molar-refractivity contribution is -0.150. The van der Waals surface area contributed by atoms with Crippen molar-refractivity contribution in [3.8, 4) is 5.75 Å². The lowest BCUT2D eigenvalue weighted by Gasteiger charge is -2.49. The van der Waals surface area contributed by atoms with Crippen molar-refractivity contribution >= 4 is 41.3 Å². The number of amides is 2. The molecule has 2 atom stereocenters. The number of ether oxygens (including phenoxy) is 1. The van der Waals surface area contributed by atoms with E-state index >= 15 is 0 Å². The minimum absolute atomic E-state index is 0.109. The van der Waals surface area contributed by atoms with E-state index in [-0.39, 0.29) is 12.3 Å². The zero-order valence-corrected chi connectivity index (χ0v) is 17.2. The molecule has 0 radical (unpaired) electrons. The summed E-state index contributed by atoms with van der Waals surface area (Å²) in [6.07, 6.45) is 0. The first kappa shape index (κ1) is 20.2. The first-order valence-corrected chi connectivity index (χ1v) is 10.6. The molecule has 3 heterocycles. The number of carbonyl (C=O) groups excluding carboxylic acids is 2. The van der Waals surface area contributed by atoms with Crippen LogP contribution in [0.15, 0.2) is 46.1 Å². The molecule has 0 bridgehead atoms. The molecule has 1 aromatic heterocycles. The van der Waals surface area contributed by atoms with E-state index in [1.807, 2.05) is 6.07 Å². The molecule has 0 spiro atoms. The number of nitrogens with zero attached hydrogens (tertiary/aromatic N) is 5. The van der Waals surface area contributed by atoms with Crippen LogP contribution in [0.3, 0.4) is 0 Å². The lowest BCUT2D eigenvalue weighted by Crippen LogP contribution is -2.70. The number of benzene rings is 1. The molecule has 1 fully saturated rings. The molecule has 11 nitrogen and oxygen atoms in total. The molecule has 2 aliphatic rings. The Hall–Kier alpha value is -3.06. The van der Waals surface area contributed by atoms with E-state index in [1.54, 1.807) is 31.3 Å². The summed E-state index contributed by atoms with van der Waals surface area (Å²) in [6.45, 7) is -0.243. The molecule has 4 rings (SSSR count). The van der Waals surface area contributed by atoms with Gasteiger partial charge in [-0.1, -0.05) is 18.2 Å². The first-order chi connectivity index (χ1) is 14.5. The van der Waals surface area contributed by atoms with Gasteiger partial charge in [0.25, 0.3) is 11.8 Å². The molecule has 13 heteroatoms. The van der Waals surface area contributed by atoms with Crippen LogP contribution in [0.2, 0.25) is 0 Å². The second-order valence-electron chi connectivity index (χ2n) is 6.32. The van der Waals surface area contributed by atoms with Crippen LogP contribution in [-0.4, -0.2) is 71.8 Å². The number of para-hydroxylation sites is 1. The van der Waals surface area contributed by atoms with Crippen LogP contribution in [-0.2, 0) is 21.4 Å². The SMILES string of the molecule is Cn1nnnc1SC1=C(C(=O)O)N2C(=O)[C@@H](NC(=O)COc3ccccc3)[C@H]2SC1. The molecule has 2 aromatic rings. The number of aromatic nitrogens is 4. The van der Waals surface area contributed by atoms with Crippen LogP contribution in [0.1, 0.15) is 0 Å². The van der Waals surface area contributed by atoms with Crippen LogP contribution in [0.25, 0.3) is 0 Å². The van der Waals surface area contributed by atoms with Gasteiger partial charge in [0.05, 0.1) is 0 Å². The monoisotopic (exact) mass is 448 g/mol. The number of aryl methyl sites for hydroxylation is 1. The summed E-state index contributed by atoms with van der Waals surface area (Å²) < 4.78 is 6.80. The maximum Gasteiger partial charge on any atom is 0.353 e. The van der Waals surface area contributed by atoms with Crippen molar-refractivity contribution in [3.05, 3.63) is 40.9 Å². The van der Waals surface area contributed by atoms with Gasteiger partial charge in [-0.2, -0.15) is 0 Å². The van der Waals surface area contributed by atoms with Crippen molar-refractivity contribution in [2.45, 2.75) is 16.6 Å². The summed E-state index contributed by atoms with van der Waals surface area (Å²) in [5, 5.41) is 23.3. The number of fused-ring (bicyclic) bond motifs is 1. The summed E-state index contributed by atoms with van der Waals surface area (Å²) in [7, 11) is 1.64. The summed E-state index contributed by atoms with van der Waals surface area (Å²) in [4.78, 5) is 38.4. The van der Waals surface area contributed by atoms with E-state index in [2.05, 4.69) is 20.8 Å². The number of tetrazole rings is 1. The third-order valence-electron chi connectivity index (χ3n) is 4.36. The van der Waals surface area contributed by atoms with Crippen LogP contribution >= 0.6 is 23.5 Å². The van der Waals surface area contributed by atoms with Crippen molar-refractivity contribution in [2.24, 2.45) is 7.05 Å². The molecule has 2 amide bonds. The van der Waals surface area contributed by atoms with Crippen molar-refractivity contribution in [1.29, 1.82) is 0 Å². The number of hydrogen-bond acceptors (Lipinski definition) is 9. The molecule has 0 aliphatic carbocycles. The maximum absolute atomic E-state index is 12.6. The first-order valence-electron chi connectivity index (χ1n) is 8.74. The zero-order chi connectivity index (χ0) is 21.3. The fraction of sp³-hybridized carbons (Fsp3) is 0.294. The van der Waals surface area contributed by atoms with E-state index in [4.69, 9.17) is 4.74 Å². The van der Waals surface area contributed by atoms with Gasteiger partial charge in [-0.3, -0.25) is 14.5 Å². The molecule has 30 heavy (non-hydrogen) atoms. The highest BCUT2D eigenvalue weighted by Crippen LogP contribution is 2.44. The van der Waals surface area contributed by atoms with Crippen molar-refractivity contribution in [2.75, 3.05) is 12.4 Å². The van der Waals surface area contributed by atoms with Gasteiger partial charge in [0.2, 0.25) is 5.16 Å². The number of rotatable bonds is 7. The Labute approximate surface area is 178 Å². The minimum Gasteiger partial charge on any atom is -0.484 e. The lowest BCUT2D eigenvalue weighted by atomic mass is 10.1. The van der Waals surface area contributed by atoms with Crippen LogP contribution < -0.4 is 10.1 Å². The number of aliphatic carboxylic acids is 1. The van der Waals surface area contributed by atoms with Crippen molar-refractivity contribution < 1.29 is 24.2 Å². The second-order valence-corrected chi connectivity index (χ2v) is 8.49. The Morgan fingerprint density at radius 3 is 2.80 bits per heavy atom. The number of hydrogen-bond donors (Lipinski definition) is 2. The van der Waals surface area contributed by atoms with Gasteiger partial charge in [0.1, 0.15) is 22.9 Å². The Bertz CT molecular complexity index is 1030. The average Bonchev–Trinajstić information content (AvgIpc) is 3.15. The van der Waals surface area contributed by atoms with E-state index in [0.717, 1.165) is 11.8 Å². The van der Waals surface area contributed by atoms with Gasteiger partial charge >= 0.3 is 5.97 Å². The molecule has 2 aliphatic heterocycles. The van der Waals surface area contributed by atoms with E-state index in [9.17, 15) is 19.5 Å². The standard InChI is InChI=1S/C17H16N6O5S2/c1-22-17(19-20-21-22)30-10-8-29-15-12(14(25)23(15)13(10)16(26)27)18-11(24)7-28-9-5-3-2-4-6-9/h2-6,12,15H,7-8H2,1H3,(H,18,24)(H,26,27)/t12-,15-/m1/s1. The summed E-state index contributed by atoms with van der Waals surface area (Å²) >= 11 is 2.47. The molecule has 156 valence electrons. The van der Waals surface area contributed by atoms with E-state index in [1.165, 1.54) is 21.3 Å². The number of nitrogens with one attached hydrogen (secondary N) is 1. The second kappa shape index (κ2) is 8.36. The number of thioether (sulfide) groups is 2. The maximum atomic E-state index is 12.6. The zero-order valence-electron chi connectivity index (χ0n) is 15.6. The Kier molecular flexibility index (Phi) is 5.63. The van der Waals surface area contributed by atoms with Gasteiger partial charge in [0.15, 0.2) is 6.61 Å². The smallest absolute Gasteiger partial charge is 0.353 e. The average molecular weight is 448 g/mol. The van der Waals surface area contributed by atoms with Crippen LogP contribution in [0.5, 0.6) is 5.75 Å². The number of carbonyl (C=O) groups is 3. The topological polar surface area (TPSA) is 140 Å². The Balaban J connectivity index is 1.43. The van der Waals surface area contributed by atoms with Gasteiger partial charge in [-0.25, -0.2) is 9.48 Å². The predicted molar refractivity (Wildman–Crippen MR) is 106 cm³/mol. The van der Waals surface area contributed by atoms with Gasteiger partial charge in [0, 0.05) is 17.7 Å². The van der Waals surface area contributed by atoms with Crippen LogP contribution in [0, 0.1) is 0 Å². The van der Waals surface area contributed by atoms with Crippen molar-refractivity contribution in [3.63, 3.8) is 0 Å². The summed E-state index contributed by atoms with van der Waals surface area (Å²) in [5.74, 6) is -1.27.